The lowest BCUT2D eigenvalue weighted by Crippen LogP contribution is -2.24. The molecule has 0 spiro atoms. The topological polar surface area (TPSA) is 59.8 Å². The molecule has 1 aromatic heterocycles. The fourth-order valence-electron chi connectivity index (χ4n) is 3.08. The van der Waals surface area contributed by atoms with Gasteiger partial charge in [0.2, 0.25) is 0 Å². The van der Waals surface area contributed by atoms with Crippen LogP contribution in [0.25, 0.3) is 5.69 Å². The van der Waals surface area contributed by atoms with Crippen LogP contribution in [-0.2, 0) is 12.3 Å². The highest BCUT2D eigenvalue weighted by Crippen LogP contribution is 2.26. The fraction of sp³-hybridized carbons (Fsp3) is 0.125. The van der Waals surface area contributed by atoms with Crippen LogP contribution in [-0.4, -0.2) is 20.7 Å². The first-order valence-corrected chi connectivity index (χ1v) is 11.7. The molecule has 162 valence electrons. The number of nitrogens with zero attached hydrogens (tertiary/aromatic N) is 3. The van der Waals surface area contributed by atoms with Crippen molar-refractivity contribution in [1.29, 1.82) is 0 Å². The Balaban J connectivity index is 1.56. The van der Waals surface area contributed by atoms with E-state index in [9.17, 15) is 4.79 Å². The van der Waals surface area contributed by atoms with Crippen LogP contribution >= 0.6 is 35.0 Å². The summed E-state index contributed by atoms with van der Waals surface area (Å²) in [6.07, 6.45) is 0. The number of hydrogen-bond donors (Lipinski definition) is 1. The molecule has 1 N–H and O–H groups in total. The molecule has 0 unspecified atom stereocenters. The summed E-state index contributed by atoms with van der Waals surface area (Å²) in [4.78, 5) is 12.6. The van der Waals surface area contributed by atoms with E-state index in [2.05, 4.69) is 27.6 Å². The lowest BCUT2D eigenvalue weighted by Gasteiger charge is -2.12. The van der Waals surface area contributed by atoms with E-state index in [1.807, 2.05) is 54.0 Å². The van der Waals surface area contributed by atoms with E-state index < -0.39 is 0 Å². The van der Waals surface area contributed by atoms with E-state index in [4.69, 9.17) is 23.2 Å². The summed E-state index contributed by atoms with van der Waals surface area (Å²) in [6.45, 7) is 2.26. The first-order chi connectivity index (χ1) is 15.5. The van der Waals surface area contributed by atoms with Gasteiger partial charge in [0.15, 0.2) is 11.0 Å². The van der Waals surface area contributed by atoms with Crippen molar-refractivity contribution in [3.63, 3.8) is 0 Å². The van der Waals surface area contributed by atoms with Gasteiger partial charge in [-0.05, 0) is 42.8 Å². The molecule has 0 atom stereocenters. The molecule has 0 saturated heterocycles. The monoisotopic (exact) mass is 482 g/mol. The van der Waals surface area contributed by atoms with Crippen LogP contribution in [0.2, 0.25) is 10.0 Å². The first-order valence-electron chi connectivity index (χ1n) is 9.92. The highest BCUT2D eigenvalue weighted by molar-refractivity contribution is 7.98. The van der Waals surface area contributed by atoms with Crippen LogP contribution in [0.1, 0.15) is 27.3 Å². The van der Waals surface area contributed by atoms with Crippen LogP contribution in [0.3, 0.4) is 0 Å². The summed E-state index contributed by atoms with van der Waals surface area (Å²) in [5.41, 5.74) is 3.73. The molecule has 0 aliphatic rings. The van der Waals surface area contributed by atoms with Crippen LogP contribution in [0.4, 0.5) is 0 Å². The summed E-state index contributed by atoms with van der Waals surface area (Å²) in [5, 5.41) is 13.1. The number of nitrogens with one attached hydrogen (secondary N) is 1. The van der Waals surface area contributed by atoms with Crippen molar-refractivity contribution in [3.8, 4) is 5.69 Å². The van der Waals surface area contributed by atoms with Gasteiger partial charge in [-0.1, -0.05) is 83.0 Å². The van der Waals surface area contributed by atoms with Crippen molar-refractivity contribution < 1.29 is 4.79 Å². The molecule has 1 heterocycles. The Morgan fingerprint density at radius 3 is 2.44 bits per heavy atom. The molecule has 5 nitrogen and oxygen atoms in total. The number of aromatic nitrogens is 3. The third kappa shape index (κ3) is 5.33. The molecular formula is C24H20Cl2N4OS. The van der Waals surface area contributed by atoms with Gasteiger partial charge in [0, 0.05) is 17.0 Å². The molecule has 0 saturated carbocycles. The molecule has 4 rings (SSSR count). The van der Waals surface area contributed by atoms with Crippen molar-refractivity contribution in [2.75, 3.05) is 0 Å². The Hall–Kier alpha value is -2.80. The molecule has 4 aromatic rings. The molecular weight excluding hydrogens is 463 g/mol. The summed E-state index contributed by atoms with van der Waals surface area (Å²) in [7, 11) is 0. The Morgan fingerprint density at radius 1 is 0.969 bits per heavy atom. The normalized spacial score (nSPS) is 10.8. The Kier molecular flexibility index (Phi) is 7.15. The standard InChI is InChI=1S/C24H20Cl2N4OS/c1-16-7-10-19(11-8-16)30-22(14-27-23(31)18-9-12-20(25)21(26)13-18)28-29-24(30)32-15-17-5-3-2-4-6-17/h2-13H,14-15H2,1H3,(H,27,31). The smallest absolute Gasteiger partial charge is 0.251 e. The lowest BCUT2D eigenvalue weighted by atomic mass is 10.2. The van der Waals surface area contributed by atoms with Gasteiger partial charge in [0.05, 0.1) is 16.6 Å². The van der Waals surface area contributed by atoms with Gasteiger partial charge in [-0.15, -0.1) is 10.2 Å². The molecule has 8 heteroatoms. The van der Waals surface area contributed by atoms with Gasteiger partial charge in [-0.2, -0.15) is 0 Å². The quantitative estimate of drug-likeness (QED) is 0.323. The molecule has 0 aliphatic heterocycles. The minimum absolute atomic E-state index is 0.214. The van der Waals surface area contributed by atoms with Gasteiger partial charge < -0.3 is 5.32 Å². The molecule has 32 heavy (non-hydrogen) atoms. The number of hydrogen-bond acceptors (Lipinski definition) is 4. The van der Waals surface area contributed by atoms with Crippen LogP contribution in [0.5, 0.6) is 0 Å². The van der Waals surface area contributed by atoms with Crippen molar-refractivity contribution in [2.24, 2.45) is 0 Å². The number of aryl methyl sites for hydroxylation is 1. The summed E-state index contributed by atoms with van der Waals surface area (Å²) < 4.78 is 1.97. The van der Waals surface area contributed by atoms with Crippen LogP contribution in [0.15, 0.2) is 78.0 Å². The lowest BCUT2D eigenvalue weighted by molar-refractivity contribution is 0.0949. The predicted molar refractivity (Wildman–Crippen MR) is 130 cm³/mol. The van der Waals surface area contributed by atoms with E-state index >= 15 is 0 Å². The van der Waals surface area contributed by atoms with Gasteiger partial charge in [0.1, 0.15) is 0 Å². The fourth-order valence-corrected chi connectivity index (χ4v) is 4.31. The SMILES string of the molecule is Cc1ccc(-n2c(CNC(=O)c3ccc(Cl)c(Cl)c3)nnc2SCc2ccccc2)cc1. The molecule has 0 bridgehead atoms. The molecule has 0 fully saturated rings. The van der Waals surface area contributed by atoms with E-state index in [1.165, 1.54) is 5.56 Å². The molecule has 0 radical (unpaired) electrons. The number of halogens is 2. The summed E-state index contributed by atoms with van der Waals surface area (Å²) >= 11 is 13.6. The zero-order chi connectivity index (χ0) is 22.5. The van der Waals surface area contributed by atoms with Crippen molar-refractivity contribution >= 4 is 40.9 Å². The van der Waals surface area contributed by atoms with Crippen LogP contribution in [0, 0.1) is 6.92 Å². The van der Waals surface area contributed by atoms with Gasteiger partial charge in [-0.25, -0.2) is 0 Å². The maximum absolute atomic E-state index is 12.6. The van der Waals surface area contributed by atoms with Gasteiger partial charge in [0.25, 0.3) is 5.91 Å². The zero-order valence-corrected chi connectivity index (χ0v) is 19.6. The Labute approximate surface area is 200 Å². The number of thioether (sulfide) groups is 1. The maximum atomic E-state index is 12.6. The average molecular weight is 483 g/mol. The zero-order valence-electron chi connectivity index (χ0n) is 17.3. The number of carbonyl (C=O) groups excluding carboxylic acids is 1. The van der Waals surface area contributed by atoms with Gasteiger partial charge in [-0.3, -0.25) is 9.36 Å². The predicted octanol–water partition coefficient (Wildman–Crippen LogP) is 6.10. The highest BCUT2D eigenvalue weighted by atomic mass is 35.5. The minimum atomic E-state index is -0.263. The Bertz CT molecular complexity index is 1230. The number of benzene rings is 3. The van der Waals surface area contributed by atoms with E-state index in [0.29, 0.717) is 21.4 Å². The third-order valence-electron chi connectivity index (χ3n) is 4.79. The second-order valence-corrected chi connectivity index (χ2v) is 8.91. The summed E-state index contributed by atoms with van der Waals surface area (Å²) in [5.74, 6) is 1.14. The maximum Gasteiger partial charge on any atom is 0.251 e. The van der Waals surface area contributed by atoms with E-state index in [-0.39, 0.29) is 12.5 Å². The van der Waals surface area contributed by atoms with E-state index in [1.54, 1.807) is 30.0 Å². The Morgan fingerprint density at radius 2 is 1.72 bits per heavy atom. The van der Waals surface area contributed by atoms with Crippen molar-refractivity contribution in [3.05, 3.63) is 105 Å². The average Bonchev–Trinajstić information content (AvgIpc) is 3.22. The molecule has 0 aliphatic carbocycles. The number of carbonyl (C=O) groups is 1. The second-order valence-electron chi connectivity index (χ2n) is 7.16. The van der Waals surface area contributed by atoms with Crippen molar-refractivity contribution in [1.82, 2.24) is 20.1 Å². The van der Waals surface area contributed by atoms with Crippen molar-refractivity contribution in [2.45, 2.75) is 24.4 Å². The number of amides is 1. The minimum Gasteiger partial charge on any atom is -0.345 e. The molecule has 3 aromatic carbocycles. The van der Waals surface area contributed by atoms with E-state index in [0.717, 1.165) is 22.2 Å². The first kappa shape index (κ1) is 22.4. The highest BCUT2D eigenvalue weighted by Gasteiger charge is 2.16. The second kappa shape index (κ2) is 10.2. The number of rotatable bonds is 7. The third-order valence-corrected chi connectivity index (χ3v) is 6.53. The summed E-state index contributed by atoms with van der Waals surface area (Å²) in [6, 6.07) is 23.1. The van der Waals surface area contributed by atoms with Crippen LogP contribution < -0.4 is 5.32 Å². The largest absolute Gasteiger partial charge is 0.345 e. The van der Waals surface area contributed by atoms with Gasteiger partial charge >= 0.3 is 0 Å². The molecule has 1 amide bonds.